The van der Waals surface area contributed by atoms with Gasteiger partial charge in [-0.2, -0.15) is 0 Å². The van der Waals surface area contributed by atoms with Crippen LogP contribution >= 0.6 is 0 Å². The molecule has 0 aliphatic rings. The third-order valence-electron chi connectivity index (χ3n) is 9.14. The maximum Gasteiger partial charge on any atom is 0.306 e. The van der Waals surface area contributed by atoms with E-state index in [2.05, 4.69) is 74.6 Å². The molecule has 0 aromatic carbocycles. The molecule has 0 aliphatic carbocycles. The third-order valence-corrected chi connectivity index (χ3v) is 9.14. The van der Waals surface area contributed by atoms with Gasteiger partial charge in [0.2, 0.25) is 0 Å². The van der Waals surface area contributed by atoms with Crippen LogP contribution in [0.4, 0.5) is 0 Å². The molecule has 0 aromatic heterocycles. The van der Waals surface area contributed by atoms with E-state index in [1.807, 2.05) is 0 Å². The van der Waals surface area contributed by atoms with Crippen molar-refractivity contribution in [2.75, 3.05) is 41.0 Å². The number of allylic oxidation sites excluding steroid dienone is 10. The lowest BCUT2D eigenvalue weighted by Gasteiger charge is -2.34. The van der Waals surface area contributed by atoms with Crippen molar-refractivity contribution in [3.8, 4) is 0 Å². The van der Waals surface area contributed by atoms with Crippen molar-refractivity contribution in [2.24, 2.45) is 0 Å². The van der Waals surface area contributed by atoms with E-state index in [1.165, 1.54) is 44.9 Å². The molecule has 0 heterocycles. The number of rotatable bonds is 37. The first-order valence-electron chi connectivity index (χ1n) is 21.3. The summed E-state index contributed by atoms with van der Waals surface area (Å²) in [6.07, 6.45) is 43.9. The Bertz CT molecular complexity index is 1070. The highest BCUT2D eigenvalue weighted by molar-refractivity contribution is 5.70. The van der Waals surface area contributed by atoms with E-state index in [1.54, 1.807) is 21.1 Å². The summed E-state index contributed by atoms with van der Waals surface area (Å²) in [7, 11) is 5.38. The Hall–Kier alpha value is -2.97. The summed E-state index contributed by atoms with van der Waals surface area (Å²) < 4.78 is 17.1. The highest BCUT2D eigenvalue weighted by atomic mass is 16.6. The molecule has 0 aliphatic heterocycles. The van der Waals surface area contributed by atoms with Crippen molar-refractivity contribution < 1.29 is 38.2 Å². The van der Waals surface area contributed by atoms with Gasteiger partial charge < -0.3 is 28.6 Å². The fourth-order valence-corrected chi connectivity index (χ4v) is 5.82. The van der Waals surface area contributed by atoms with Gasteiger partial charge in [-0.25, -0.2) is 0 Å². The molecule has 0 fully saturated rings. The van der Waals surface area contributed by atoms with Crippen LogP contribution in [-0.4, -0.2) is 75.5 Å². The van der Waals surface area contributed by atoms with Crippen molar-refractivity contribution in [3.63, 3.8) is 0 Å². The van der Waals surface area contributed by atoms with Gasteiger partial charge in [0.1, 0.15) is 12.6 Å². The van der Waals surface area contributed by atoms with Gasteiger partial charge in [-0.1, -0.05) is 126 Å². The second-order valence-corrected chi connectivity index (χ2v) is 15.2. The number of hydrogen-bond donors (Lipinski definition) is 0. The monoisotopic (exact) mass is 758 g/mol. The minimum absolute atomic E-state index is 0.0222. The molecule has 0 amide bonds. The van der Waals surface area contributed by atoms with Gasteiger partial charge in [0.15, 0.2) is 6.10 Å². The molecular formula is C46H79NO7. The second kappa shape index (κ2) is 37.0. The minimum atomic E-state index is -1.13. The predicted molar refractivity (Wildman–Crippen MR) is 222 cm³/mol. The standard InChI is InChI=1S/C46H79NO7/c1-6-8-10-12-14-16-18-20-22-23-25-26-28-30-32-34-36-44(48)53-41-42(40-52-39-38-43(46(50)51)47(3,4)5)54-45(49)37-35-33-31-29-27-24-21-19-17-15-13-11-9-7-2/h8,10,14,16,20,22,24-27,42-43H,6-7,9,11-13,15,17-19,21,23,28-41H2,1-5H3/b10-8+,16-14+,22-20+,26-25+,27-24+. The lowest BCUT2D eigenvalue weighted by Crippen LogP contribution is -2.55. The van der Waals surface area contributed by atoms with E-state index >= 15 is 0 Å². The van der Waals surface area contributed by atoms with E-state index in [4.69, 9.17) is 14.2 Å². The SMILES string of the molecule is CC/C=C/C/C=C/C/C=C/C/C=C/CCCCCC(=O)OCC(COCCC(C(=O)[O-])[N+](C)(C)C)OC(=O)CCCCC/C=C/CCCCCCCCC. The largest absolute Gasteiger partial charge is 0.544 e. The Balaban J connectivity index is 4.45. The Morgan fingerprint density at radius 1 is 0.574 bits per heavy atom. The van der Waals surface area contributed by atoms with Gasteiger partial charge in [-0.05, 0) is 77.0 Å². The number of quaternary nitrogens is 1. The molecule has 2 unspecified atom stereocenters. The third kappa shape index (κ3) is 34.8. The van der Waals surface area contributed by atoms with Crippen LogP contribution < -0.4 is 5.11 Å². The van der Waals surface area contributed by atoms with Crippen LogP contribution in [0.25, 0.3) is 0 Å². The smallest absolute Gasteiger partial charge is 0.306 e. The highest BCUT2D eigenvalue weighted by Gasteiger charge is 2.25. The molecule has 0 saturated carbocycles. The quantitative estimate of drug-likeness (QED) is 0.0269. The van der Waals surface area contributed by atoms with E-state index in [0.717, 1.165) is 83.5 Å². The van der Waals surface area contributed by atoms with E-state index in [9.17, 15) is 19.5 Å². The van der Waals surface area contributed by atoms with Crippen molar-refractivity contribution >= 4 is 17.9 Å². The average molecular weight is 758 g/mol. The van der Waals surface area contributed by atoms with Crippen LogP contribution in [0.3, 0.4) is 0 Å². The first-order valence-corrected chi connectivity index (χ1v) is 21.3. The summed E-state index contributed by atoms with van der Waals surface area (Å²) in [5.41, 5.74) is 0. The van der Waals surface area contributed by atoms with Crippen LogP contribution in [0.2, 0.25) is 0 Å². The molecule has 2 atom stereocenters. The Morgan fingerprint density at radius 3 is 1.56 bits per heavy atom. The van der Waals surface area contributed by atoms with Crippen LogP contribution in [0.1, 0.15) is 162 Å². The second-order valence-electron chi connectivity index (χ2n) is 15.2. The van der Waals surface area contributed by atoms with Crippen molar-refractivity contribution in [1.82, 2.24) is 0 Å². The van der Waals surface area contributed by atoms with Gasteiger partial charge in [0, 0.05) is 19.3 Å². The van der Waals surface area contributed by atoms with Crippen molar-refractivity contribution in [1.29, 1.82) is 0 Å². The normalized spacial score (nSPS) is 13.6. The van der Waals surface area contributed by atoms with Gasteiger partial charge in [0.25, 0.3) is 0 Å². The fourth-order valence-electron chi connectivity index (χ4n) is 5.82. The maximum atomic E-state index is 12.7. The van der Waals surface area contributed by atoms with Crippen molar-refractivity contribution in [2.45, 2.75) is 174 Å². The number of hydrogen-bond acceptors (Lipinski definition) is 7. The number of nitrogens with zero attached hydrogens (tertiary/aromatic N) is 1. The number of carbonyl (C=O) groups excluding carboxylic acids is 3. The lowest BCUT2D eigenvalue weighted by atomic mass is 10.1. The van der Waals surface area contributed by atoms with Gasteiger partial charge in [-0.3, -0.25) is 9.59 Å². The lowest BCUT2D eigenvalue weighted by molar-refractivity contribution is -0.889. The number of carboxylic acids is 1. The number of carboxylic acid groups (broad SMARTS) is 1. The van der Waals surface area contributed by atoms with Crippen LogP contribution in [0, 0.1) is 0 Å². The number of carbonyl (C=O) groups is 3. The first kappa shape index (κ1) is 51.0. The maximum absolute atomic E-state index is 12.7. The van der Waals surface area contributed by atoms with Gasteiger partial charge >= 0.3 is 11.9 Å². The predicted octanol–water partition coefficient (Wildman–Crippen LogP) is 10.1. The molecule has 0 rings (SSSR count). The zero-order valence-corrected chi connectivity index (χ0v) is 35.1. The zero-order chi connectivity index (χ0) is 40.0. The molecule has 0 N–H and O–H groups in total. The minimum Gasteiger partial charge on any atom is -0.544 e. The molecule has 8 nitrogen and oxygen atoms in total. The summed E-state index contributed by atoms with van der Waals surface area (Å²) >= 11 is 0. The number of esters is 2. The molecule has 0 aromatic rings. The number of unbranched alkanes of at least 4 members (excludes halogenated alkanes) is 13. The molecule has 0 bridgehead atoms. The Kier molecular flexibility index (Phi) is 34.9. The summed E-state index contributed by atoms with van der Waals surface area (Å²) in [6, 6.07) is -0.734. The summed E-state index contributed by atoms with van der Waals surface area (Å²) in [4.78, 5) is 36.8. The molecule has 54 heavy (non-hydrogen) atoms. The molecular weight excluding hydrogens is 679 g/mol. The topological polar surface area (TPSA) is 102 Å². The fraction of sp³-hybridized carbons (Fsp3) is 0.717. The number of likely N-dealkylation sites (N-methyl/N-ethyl adjacent to an activating group) is 1. The van der Waals surface area contributed by atoms with E-state index in [-0.39, 0.29) is 42.7 Å². The number of aliphatic carboxylic acids is 1. The van der Waals surface area contributed by atoms with Gasteiger partial charge in [0.05, 0.1) is 40.3 Å². The molecule has 8 heteroatoms. The average Bonchev–Trinajstić information content (AvgIpc) is 3.12. The summed E-state index contributed by atoms with van der Waals surface area (Å²) in [5.74, 6) is -1.80. The summed E-state index contributed by atoms with van der Waals surface area (Å²) in [5, 5.41) is 11.6. The summed E-state index contributed by atoms with van der Waals surface area (Å²) in [6.45, 7) is 4.48. The van der Waals surface area contributed by atoms with Crippen molar-refractivity contribution in [3.05, 3.63) is 60.8 Å². The molecule has 0 radical (unpaired) electrons. The Morgan fingerprint density at radius 2 is 1.04 bits per heavy atom. The van der Waals surface area contributed by atoms with Gasteiger partial charge in [-0.15, -0.1) is 0 Å². The molecule has 0 spiro atoms. The van der Waals surface area contributed by atoms with E-state index < -0.39 is 18.1 Å². The van der Waals surface area contributed by atoms with Crippen LogP contribution in [-0.2, 0) is 28.6 Å². The zero-order valence-electron chi connectivity index (χ0n) is 35.1. The van der Waals surface area contributed by atoms with Crippen LogP contribution in [0.15, 0.2) is 60.8 Å². The first-order chi connectivity index (χ1) is 26.1. The van der Waals surface area contributed by atoms with E-state index in [0.29, 0.717) is 12.8 Å². The Labute approximate surface area is 330 Å². The number of ether oxygens (including phenoxy) is 3. The molecule has 310 valence electrons. The molecule has 0 saturated heterocycles. The highest BCUT2D eigenvalue weighted by Crippen LogP contribution is 2.12. The van der Waals surface area contributed by atoms with Crippen LogP contribution in [0.5, 0.6) is 0 Å².